The normalized spacial score (nSPS) is 25.9. The van der Waals surface area contributed by atoms with E-state index in [1.54, 1.807) is 0 Å². The monoisotopic (exact) mass is 143 g/mol. The lowest BCUT2D eigenvalue weighted by atomic mass is 10.2. The van der Waals surface area contributed by atoms with E-state index in [9.17, 15) is 0 Å². The lowest BCUT2D eigenvalue weighted by Gasteiger charge is -1.99. The van der Waals surface area contributed by atoms with Gasteiger partial charge in [0.15, 0.2) is 0 Å². The second kappa shape index (κ2) is 3.76. The molecule has 3 heteroatoms. The van der Waals surface area contributed by atoms with E-state index < -0.39 is 0 Å². The van der Waals surface area contributed by atoms with E-state index in [0.717, 1.165) is 25.4 Å². The van der Waals surface area contributed by atoms with Gasteiger partial charge in [0.25, 0.3) is 0 Å². The van der Waals surface area contributed by atoms with Crippen LogP contribution in [0.25, 0.3) is 0 Å². The summed E-state index contributed by atoms with van der Waals surface area (Å²) in [5.41, 5.74) is 0. The van der Waals surface area contributed by atoms with Crippen LogP contribution in [-0.4, -0.2) is 19.0 Å². The highest BCUT2D eigenvalue weighted by Crippen LogP contribution is 2.16. The predicted molar refractivity (Wildman–Crippen MR) is 37.0 cm³/mol. The number of ether oxygens (including phenoxy) is 1. The molecule has 0 aromatic heterocycles. The third-order valence-corrected chi connectivity index (χ3v) is 2.17. The van der Waals surface area contributed by atoms with Crippen LogP contribution in [0.4, 0.5) is 0 Å². The standard InChI is InChI=1S/C6H9NOS/c7-5-9-4-6-1-2-8-3-6/h6H,1-4H2/t6-/m0/s1. The zero-order chi connectivity index (χ0) is 6.53. The van der Waals surface area contributed by atoms with Crippen molar-refractivity contribution < 1.29 is 4.74 Å². The Morgan fingerprint density at radius 2 is 2.67 bits per heavy atom. The fourth-order valence-electron chi connectivity index (χ4n) is 0.870. The molecule has 9 heavy (non-hydrogen) atoms. The van der Waals surface area contributed by atoms with Gasteiger partial charge in [-0.25, -0.2) is 0 Å². The van der Waals surface area contributed by atoms with E-state index in [4.69, 9.17) is 10.00 Å². The van der Waals surface area contributed by atoms with Gasteiger partial charge in [-0.15, -0.1) is 0 Å². The van der Waals surface area contributed by atoms with E-state index in [1.165, 1.54) is 11.8 Å². The van der Waals surface area contributed by atoms with E-state index in [0.29, 0.717) is 5.92 Å². The largest absolute Gasteiger partial charge is 0.381 e. The van der Waals surface area contributed by atoms with Gasteiger partial charge in [0.05, 0.1) is 6.61 Å². The molecule has 0 spiro atoms. The number of thioether (sulfide) groups is 1. The predicted octanol–water partition coefficient (Wildman–Crippen LogP) is 1.24. The van der Waals surface area contributed by atoms with Crippen molar-refractivity contribution in [2.24, 2.45) is 5.92 Å². The fraction of sp³-hybridized carbons (Fsp3) is 0.833. The smallest absolute Gasteiger partial charge is 0.133 e. The number of thiocyanates is 1. The first-order valence-corrected chi connectivity index (χ1v) is 4.00. The Labute approximate surface area is 59.2 Å². The average molecular weight is 143 g/mol. The minimum Gasteiger partial charge on any atom is -0.381 e. The van der Waals surface area contributed by atoms with Gasteiger partial charge in [0.2, 0.25) is 0 Å². The van der Waals surface area contributed by atoms with Crippen LogP contribution in [0.15, 0.2) is 0 Å². The van der Waals surface area contributed by atoms with E-state index >= 15 is 0 Å². The van der Waals surface area contributed by atoms with Gasteiger partial charge in [-0.05, 0) is 24.1 Å². The first kappa shape index (κ1) is 6.91. The minimum absolute atomic E-state index is 0.634. The van der Waals surface area contributed by atoms with Gasteiger partial charge >= 0.3 is 0 Å². The van der Waals surface area contributed by atoms with Crippen LogP contribution < -0.4 is 0 Å². The van der Waals surface area contributed by atoms with Gasteiger partial charge in [0.1, 0.15) is 5.40 Å². The topological polar surface area (TPSA) is 33.0 Å². The summed E-state index contributed by atoms with van der Waals surface area (Å²) < 4.78 is 5.13. The summed E-state index contributed by atoms with van der Waals surface area (Å²) in [6.07, 6.45) is 1.13. The van der Waals surface area contributed by atoms with Crippen LogP contribution in [0.2, 0.25) is 0 Å². The summed E-state index contributed by atoms with van der Waals surface area (Å²) in [5.74, 6) is 1.57. The van der Waals surface area contributed by atoms with Gasteiger partial charge in [-0.1, -0.05) is 0 Å². The van der Waals surface area contributed by atoms with Crippen molar-refractivity contribution in [2.45, 2.75) is 6.42 Å². The Hall–Kier alpha value is -0.200. The molecule has 1 aliphatic rings. The molecule has 1 fully saturated rings. The molecule has 0 aromatic rings. The Morgan fingerprint density at radius 3 is 3.22 bits per heavy atom. The molecule has 1 atom stereocenters. The van der Waals surface area contributed by atoms with E-state index in [-0.39, 0.29) is 0 Å². The maximum atomic E-state index is 8.20. The molecule has 0 N–H and O–H groups in total. The van der Waals surface area contributed by atoms with Crippen LogP contribution in [0, 0.1) is 16.6 Å². The molecule has 0 bridgehead atoms. The highest BCUT2D eigenvalue weighted by Gasteiger charge is 2.14. The van der Waals surface area contributed by atoms with Crippen LogP contribution in [0.5, 0.6) is 0 Å². The van der Waals surface area contributed by atoms with Gasteiger partial charge < -0.3 is 4.74 Å². The molecule has 1 heterocycles. The average Bonchev–Trinajstić information content (AvgIpc) is 2.34. The molecule has 0 saturated carbocycles. The number of rotatable bonds is 2. The Morgan fingerprint density at radius 1 is 1.78 bits per heavy atom. The molecule has 1 rings (SSSR count). The first-order valence-electron chi connectivity index (χ1n) is 3.02. The highest BCUT2D eigenvalue weighted by molar-refractivity contribution is 8.03. The zero-order valence-corrected chi connectivity index (χ0v) is 5.99. The van der Waals surface area contributed by atoms with Crippen molar-refractivity contribution in [1.82, 2.24) is 0 Å². The summed E-state index contributed by atoms with van der Waals surface area (Å²) in [4.78, 5) is 0. The number of nitriles is 1. The van der Waals surface area contributed by atoms with Crippen molar-refractivity contribution in [2.75, 3.05) is 19.0 Å². The van der Waals surface area contributed by atoms with Crippen LogP contribution in [0.1, 0.15) is 6.42 Å². The molecular weight excluding hydrogens is 134 g/mol. The Kier molecular flexibility index (Phi) is 2.88. The summed E-state index contributed by atoms with van der Waals surface area (Å²) in [6, 6.07) is 0. The molecule has 0 radical (unpaired) electrons. The van der Waals surface area contributed by atoms with Crippen molar-refractivity contribution in [1.29, 1.82) is 5.26 Å². The van der Waals surface area contributed by atoms with Gasteiger partial charge in [-0.3, -0.25) is 0 Å². The quantitative estimate of drug-likeness (QED) is 0.545. The number of hydrogen-bond acceptors (Lipinski definition) is 3. The van der Waals surface area contributed by atoms with Crippen LogP contribution in [0.3, 0.4) is 0 Å². The summed E-state index contributed by atoms with van der Waals surface area (Å²) in [6.45, 7) is 1.74. The van der Waals surface area contributed by atoms with Gasteiger partial charge in [-0.2, -0.15) is 5.26 Å². The van der Waals surface area contributed by atoms with E-state index in [2.05, 4.69) is 5.40 Å². The summed E-state index contributed by atoms with van der Waals surface area (Å²) in [5, 5.41) is 10.3. The number of nitrogens with zero attached hydrogens (tertiary/aromatic N) is 1. The van der Waals surface area contributed by atoms with Crippen molar-refractivity contribution >= 4 is 11.8 Å². The third kappa shape index (κ3) is 2.25. The third-order valence-electron chi connectivity index (χ3n) is 1.41. The van der Waals surface area contributed by atoms with Crippen molar-refractivity contribution in [3.05, 3.63) is 0 Å². The van der Waals surface area contributed by atoms with Crippen LogP contribution >= 0.6 is 11.8 Å². The second-order valence-corrected chi connectivity index (χ2v) is 2.94. The highest BCUT2D eigenvalue weighted by atomic mass is 32.2. The molecule has 0 amide bonds. The molecule has 0 unspecified atom stereocenters. The van der Waals surface area contributed by atoms with Crippen molar-refractivity contribution in [3.8, 4) is 5.40 Å². The lowest BCUT2D eigenvalue weighted by molar-refractivity contribution is 0.189. The van der Waals surface area contributed by atoms with E-state index in [1.807, 2.05) is 0 Å². The summed E-state index contributed by atoms with van der Waals surface area (Å²) >= 11 is 1.33. The molecule has 2 nitrogen and oxygen atoms in total. The van der Waals surface area contributed by atoms with Crippen molar-refractivity contribution in [3.63, 3.8) is 0 Å². The van der Waals surface area contributed by atoms with Gasteiger partial charge in [0, 0.05) is 12.4 Å². The Balaban J connectivity index is 2.06. The number of hydrogen-bond donors (Lipinski definition) is 0. The maximum Gasteiger partial charge on any atom is 0.133 e. The maximum absolute atomic E-state index is 8.20. The lowest BCUT2D eigenvalue weighted by Crippen LogP contribution is -2.00. The molecule has 1 saturated heterocycles. The molecule has 0 aliphatic carbocycles. The molecule has 1 aliphatic heterocycles. The minimum atomic E-state index is 0.634. The Bertz CT molecular complexity index is 115. The second-order valence-electron chi connectivity index (χ2n) is 2.13. The zero-order valence-electron chi connectivity index (χ0n) is 5.17. The first-order chi connectivity index (χ1) is 4.43. The molecule has 50 valence electrons. The summed E-state index contributed by atoms with van der Waals surface area (Å²) in [7, 11) is 0. The molecular formula is C6H9NOS. The van der Waals surface area contributed by atoms with Crippen LogP contribution in [-0.2, 0) is 4.74 Å². The molecule has 0 aromatic carbocycles. The SMILES string of the molecule is N#CSC[C@H]1CCOC1. The fourth-order valence-corrected chi connectivity index (χ4v) is 1.44.